The van der Waals surface area contributed by atoms with Crippen LogP contribution >= 0.6 is 12.6 Å². The van der Waals surface area contributed by atoms with E-state index in [0.717, 1.165) is 16.5 Å². The normalized spacial score (nSPS) is 14.4. The highest BCUT2D eigenvalue weighted by atomic mass is 32.1. The number of carboxylic acid groups (broad SMARTS) is 2. The van der Waals surface area contributed by atoms with Gasteiger partial charge in [-0.1, -0.05) is 32.0 Å². The lowest BCUT2D eigenvalue weighted by atomic mass is 10.0. The number of amides is 3. The predicted octanol–water partition coefficient (Wildman–Crippen LogP) is 0.0273. The van der Waals surface area contributed by atoms with Crippen molar-refractivity contribution in [3.63, 3.8) is 0 Å². The van der Waals surface area contributed by atoms with E-state index >= 15 is 0 Å². The summed E-state index contributed by atoms with van der Waals surface area (Å²) in [7, 11) is 0. The molecule has 4 unspecified atom stereocenters. The first kappa shape index (κ1) is 29.6. The van der Waals surface area contributed by atoms with Crippen molar-refractivity contribution in [3.05, 3.63) is 36.0 Å². The van der Waals surface area contributed by atoms with Gasteiger partial charge in [0.1, 0.15) is 18.1 Å². The molecule has 0 radical (unpaired) electrons. The number of thiol groups is 1. The number of aromatic amines is 1. The lowest BCUT2D eigenvalue weighted by molar-refractivity contribution is -0.147. The number of H-pyrrole nitrogens is 1. The number of aromatic nitrogens is 1. The second-order valence-electron chi connectivity index (χ2n) is 9.10. The van der Waals surface area contributed by atoms with Gasteiger partial charge in [-0.25, -0.2) is 4.79 Å². The number of para-hydroxylation sites is 1. The van der Waals surface area contributed by atoms with Gasteiger partial charge in [0, 0.05) is 22.9 Å². The summed E-state index contributed by atoms with van der Waals surface area (Å²) < 4.78 is 0. The Morgan fingerprint density at radius 1 is 0.946 bits per heavy atom. The quantitative estimate of drug-likeness (QED) is 0.155. The van der Waals surface area contributed by atoms with Crippen molar-refractivity contribution in [2.24, 2.45) is 11.7 Å². The van der Waals surface area contributed by atoms with E-state index in [1.807, 2.05) is 38.1 Å². The second-order valence-corrected chi connectivity index (χ2v) is 9.47. The molecule has 0 spiro atoms. The summed E-state index contributed by atoms with van der Waals surface area (Å²) in [6.45, 7) is 3.70. The molecule has 0 saturated heterocycles. The number of nitrogens with one attached hydrogen (secondary N) is 4. The van der Waals surface area contributed by atoms with E-state index < -0.39 is 60.2 Å². The molecule has 0 bridgehead atoms. The summed E-state index contributed by atoms with van der Waals surface area (Å²) in [5.41, 5.74) is 7.90. The van der Waals surface area contributed by atoms with Gasteiger partial charge in [0.15, 0.2) is 0 Å². The number of carbonyl (C=O) groups excluding carboxylic acids is 3. The van der Waals surface area contributed by atoms with E-state index in [4.69, 9.17) is 15.9 Å². The van der Waals surface area contributed by atoms with E-state index in [9.17, 15) is 24.0 Å². The van der Waals surface area contributed by atoms with Gasteiger partial charge in [-0.3, -0.25) is 19.2 Å². The highest BCUT2D eigenvalue weighted by Crippen LogP contribution is 2.19. The van der Waals surface area contributed by atoms with E-state index in [1.165, 1.54) is 0 Å². The molecule has 1 aromatic heterocycles. The van der Waals surface area contributed by atoms with Gasteiger partial charge < -0.3 is 36.9 Å². The maximum absolute atomic E-state index is 13.0. The fourth-order valence-electron chi connectivity index (χ4n) is 3.73. The molecule has 13 heteroatoms. The molecule has 0 aliphatic rings. The summed E-state index contributed by atoms with van der Waals surface area (Å²) in [5.74, 6) is -5.29. The van der Waals surface area contributed by atoms with Crippen LogP contribution in [0.1, 0.15) is 32.3 Å². The molecule has 0 saturated carbocycles. The fourth-order valence-corrected chi connectivity index (χ4v) is 3.98. The molecule has 2 aromatic rings. The summed E-state index contributed by atoms with van der Waals surface area (Å²) in [5, 5.41) is 26.1. The van der Waals surface area contributed by atoms with E-state index in [-0.39, 0.29) is 24.5 Å². The van der Waals surface area contributed by atoms with Gasteiger partial charge in [-0.2, -0.15) is 12.6 Å². The Balaban J connectivity index is 2.06. The zero-order valence-electron chi connectivity index (χ0n) is 20.6. The number of hydrogen-bond donors (Lipinski definition) is 8. The number of hydrogen-bond acceptors (Lipinski definition) is 7. The number of rotatable bonds is 14. The van der Waals surface area contributed by atoms with Crippen LogP contribution in [0.2, 0.25) is 0 Å². The molecule has 37 heavy (non-hydrogen) atoms. The number of benzene rings is 1. The third-order valence-corrected chi connectivity index (χ3v) is 5.97. The molecule has 4 atom stereocenters. The molecule has 0 aliphatic carbocycles. The molecule has 202 valence electrons. The summed E-state index contributed by atoms with van der Waals surface area (Å²) in [6, 6.07) is 2.66. The fraction of sp³-hybridized carbons (Fsp3) is 0.458. The number of nitrogens with two attached hydrogens (primary N) is 1. The minimum Gasteiger partial charge on any atom is -0.481 e. The molecule has 1 aromatic carbocycles. The molecule has 8 N–H and O–H groups in total. The van der Waals surface area contributed by atoms with Crippen LogP contribution in [0.5, 0.6) is 0 Å². The number of carbonyl (C=O) groups is 5. The Bertz CT molecular complexity index is 1140. The van der Waals surface area contributed by atoms with Gasteiger partial charge in [-0.05, 0) is 30.4 Å². The summed E-state index contributed by atoms with van der Waals surface area (Å²) in [6.07, 6.45) is 1.41. The third-order valence-electron chi connectivity index (χ3n) is 5.60. The average molecular weight is 536 g/mol. The zero-order chi connectivity index (χ0) is 27.7. The average Bonchev–Trinajstić information content (AvgIpc) is 3.23. The van der Waals surface area contributed by atoms with E-state index in [1.54, 1.807) is 6.20 Å². The Morgan fingerprint density at radius 3 is 2.14 bits per heavy atom. The van der Waals surface area contributed by atoms with Crippen LogP contribution in [-0.4, -0.2) is 74.8 Å². The maximum atomic E-state index is 13.0. The van der Waals surface area contributed by atoms with Crippen LogP contribution in [0, 0.1) is 5.92 Å². The molecule has 1 heterocycles. The van der Waals surface area contributed by atoms with Crippen molar-refractivity contribution in [1.82, 2.24) is 20.9 Å². The highest BCUT2D eigenvalue weighted by molar-refractivity contribution is 7.80. The first-order valence-electron chi connectivity index (χ1n) is 11.7. The minimum absolute atomic E-state index is 0.00359. The molecular weight excluding hydrogens is 502 g/mol. The van der Waals surface area contributed by atoms with E-state index in [0.29, 0.717) is 0 Å². The zero-order valence-corrected chi connectivity index (χ0v) is 21.5. The lowest BCUT2D eigenvalue weighted by Gasteiger charge is -2.25. The first-order valence-corrected chi connectivity index (χ1v) is 12.3. The smallest absolute Gasteiger partial charge is 0.326 e. The van der Waals surface area contributed by atoms with Gasteiger partial charge in [-0.15, -0.1) is 0 Å². The monoisotopic (exact) mass is 535 g/mol. The molecule has 0 fully saturated rings. The SMILES string of the molecule is CC(C)CC(NC(=O)C(N)Cc1c[nH]c2ccccc12)C(=O)NC(CS)C(=O)NC(CC(=O)O)C(=O)O. The number of fused-ring (bicyclic) bond motifs is 1. The molecule has 2 rings (SSSR count). The molecule has 12 nitrogen and oxygen atoms in total. The third kappa shape index (κ3) is 8.79. The van der Waals surface area contributed by atoms with Crippen LogP contribution in [-0.2, 0) is 30.4 Å². The Hall–Kier alpha value is -3.58. The lowest BCUT2D eigenvalue weighted by Crippen LogP contribution is -2.58. The van der Waals surface area contributed by atoms with Crippen LogP contribution in [0.25, 0.3) is 10.9 Å². The summed E-state index contributed by atoms with van der Waals surface area (Å²) >= 11 is 4.04. The molecule has 3 amide bonds. The predicted molar refractivity (Wildman–Crippen MR) is 139 cm³/mol. The Kier molecular flexibility index (Phi) is 10.9. The minimum atomic E-state index is -1.68. The maximum Gasteiger partial charge on any atom is 0.326 e. The highest BCUT2D eigenvalue weighted by Gasteiger charge is 2.31. The molecule has 0 aliphatic heterocycles. The number of carboxylic acids is 2. The topological polar surface area (TPSA) is 204 Å². The molecular formula is C24H33N5O7S. The second kappa shape index (κ2) is 13.7. The van der Waals surface area contributed by atoms with Crippen LogP contribution in [0.15, 0.2) is 30.5 Å². The van der Waals surface area contributed by atoms with Crippen LogP contribution in [0.3, 0.4) is 0 Å². The standard InChI is InChI=1S/C24H33N5O7S/c1-12(2)7-17(22(33)29-19(11-37)23(34)28-18(24(35)36)9-20(30)31)27-21(32)15(25)8-13-10-26-16-6-4-3-5-14(13)16/h3-6,10,12,15,17-19,26,37H,7-9,11,25H2,1-2H3,(H,27,32)(H,28,34)(H,29,33)(H,30,31)(H,35,36). The van der Waals surface area contributed by atoms with Crippen molar-refractivity contribution >= 4 is 53.2 Å². The number of aliphatic carboxylic acids is 2. The van der Waals surface area contributed by atoms with Gasteiger partial charge in [0.25, 0.3) is 0 Å². The first-order chi connectivity index (χ1) is 17.4. The van der Waals surface area contributed by atoms with Crippen molar-refractivity contribution in [2.45, 2.75) is 57.3 Å². The van der Waals surface area contributed by atoms with Crippen molar-refractivity contribution < 1.29 is 34.2 Å². The summed E-state index contributed by atoms with van der Waals surface area (Å²) in [4.78, 5) is 63.7. The Labute approximate surface area is 219 Å². The van der Waals surface area contributed by atoms with Crippen molar-refractivity contribution in [2.75, 3.05) is 5.75 Å². The van der Waals surface area contributed by atoms with Crippen LogP contribution < -0.4 is 21.7 Å². The van der Waals surface area contributed by atoms with Crippen LogP contribution in [0.4, 0.5) is 0 Å². The van der Waals surface area contributed by atoms with Crippen molar-refractivity contribution in [1.29, 1.82) is 0 Å². The van der Waals surface area contributed by atoms with E-state index in [2.05, 4.69) is 33.6 Å². The van der Waals surface area contributed by atoms with Gasteiger partial charge in [0.05, 0.1) is 12.5 Å². The Morgan fingerprint density at radius 2 is 1.54 bits per heavy atom. The van der Waals surface area contributed by atoms with Crippen molar-refractivity contribution in [3.8, 4) is 0 Å². The van der Waals surface area contributed by atoms with Gasteiger partial charge >= 0.3 is 11.9 Å². The largest absolute Gasteiger partial charge is 0.481 e. The van der Waals surface area contributed by atoms with Gasteiger partial charge in [0.2, 0.25) is 17.7 Å².